The molecule has 1 rings (SSSR count). The molecule has 0 heterocycles. The van der Waals surface area contributed by atoms with Crippen molar-refractivity contribution in [3.8, 4) is 0 Å². The third-order valence-electron chi connectivity index (χ3n) is 2.47. The number of hydrogen-bond acceptors (Lipinski definition) is 4. The van der Waals surface area contributed by atoms with Gasteiger partial charge in [0.25, 0.3) is 0 Å². The Kier molecular flexibility index (Phi) is 3.90. The van der Waals surface area contributed by atoms with Gasteiger partial charge in [-0.3, -0.25) is 4.79 Å². The lowest BCUT2D eigenvalue weighted by Crippen LogP contribution is -2.36. The van der Waals surface area contributed by atoms with Crippen molar-refractivity contribution in [2.45, 2.75) is 50.9 Å². The molecule has 94 valence electrons. The van der Waals surface area contributed by atoms with E-state index in [0.29, 0.717) is 12.8 Å². The smallest absolute Gasteiger partial charge is 0.306 e. The zero-order valence-corrected chi connectivity index (χ0v) is 11.3. The summed E-state index contributed by atoms with van der Waals surface area (Å²) in [4.78, 5) is 11.4. The second-order valence-corrected chi connectivity index (χ2v) is 8.13. The molecule has 16 heavy (non-hydrogen) atoms. The van der Waals surface area contributed by atoms with Gasteiger partial charge >= 0.3 is 5.97 Å². The summed E-state index contributed by atoms with van der Waals surface area (Å²) < 4.78 is 27.0. The molecule has 0 radical (unpaired) electrons. The van der Waals surface area contributed by atoms with Gasteiger partial charge in [-0.25, -0.2) is 8.42 Å². The Labute approximate surface area is 101 Å². The van der Waals surface area contributed by atoms with Crippen molar-refractivity contribution in [1.29, 1.82) is 0 Å². The number of ether oxygens (including phenoxy) is 1. The van der Waals surface area contributed by atoms with E-state index in [1.807, 2.05) is 0 Å². The Morgan fingerprint density at radius 3 is 2.25 bits per heavy atom. The standard InChI is InChI=1S/C10H17ClO4S/c1-10(2,3)15-9(12)6-7-4-8(5-7)16(11,13)14/h7-8H,4-6H2,1-3H3. The van der Waals surface area contributed by atoms with E-state index in [-0.39, 0.29) is 18.3 Å². The van der Waals surface area contributed by atoms with E-state index < -0.39 is 19.9 Å². The minimum absolute atomic E-state index is 0.0911. The van der Waals surface area contributed by atoms with Crippen molar-refractivity contribution < 1.29 is 17.9 Å². The van der Waals surface area contributed by atoms with Crippen LogP contribution >= 0.6 is 10.7 Å². The summed E-state index contributed by atoms with van der Waals surface area (Å²) in [5.74, 6) is -0.184. The second kappa shape index (κ2) is 4.53. The van der Waals surface area contributed by atoms with Gasteiger partial charge in [-0.05, 0) is 39.5 Å². The molecule has 4 nitrogen and oxygen atoms in total. The van der Waals surface area contributed by atoms with Crippen LogP contribution in [0, 0.1) is 5.92 Å². The Balaban J connectivity index is 2.31. The molecular weight excluding hydrogens is 252 g/mol. The molecule has 1 aliphatic carbocycles. The molecule has 0 aromatic heterocycles. The minimum Gasteiger partial charge on any atom is -0.460 e. The zero-order chi connectivity index (χ0) is 12.6. The van der Waals surface area contributed by atoms with Crippen LogP contribution in [0.15, 0.2) is 0 Å². The molecule has 0 bridgehead atoms. The molecule has 0 amide bonds. The maximum absolute atomic E-state index is 11.4. The van der Waals surface area contributed by atoms with Crippen molar-refractivity contribution in [2.24, 2.45) is 5.92 Å². The monoisotopic (exact) mass is 268 g/mol. The van der Waals surface area contributed by atoms with Gasteiger partial charge in [0, 0.05) is 17.1 Å². The Bertz CT molecular complexity index is 363. The minimum atomic E-state index is -3.45. The molecule has 0 aromatic carbocycles. The zero-order valence-electron chi connectivity index (χ0n) is 9.70. The van der Waals surface area contributed by atoms with Gasteiger partial charge in [-0.15, -0.1) is 0 Å². The molecule has 0 aliphatic heterocycles. The van der Waals surface area contributed by atoms with E-state index >= 15 is 0 Å². The maximum atomic E-state index is 11.4. The number of carbonyl (C=O) groups excluding carboxylic acids is 1. The Morgan fingerprint density at radius 1 is 1.38 bits per heavy atom. The largest absolute Gasteiger partial charge is 0.460 e. The van der Waals surface area contributed by atoms with Crippen LogP contribution in [0.2, 0.25) is 0 Å². The lowest BCUT2D eigenvalue weighted by atomic mass is 9.82. The lowest BCUT2D eigenvalue weighted by Gasteiger charge is -2.32. The summed E-state index contributed by atoms with van der Waals surface area (Å²) in [5, 5.41) is -0.485. The Hall–Kier alpha value is -0.290. The fraction of sp³-hybridized carbons (Fsp3) is 0.900. The number of carbonyl (C=O) groups is 1. The van der Waals surface area contributed by atoms with Gasteiger partial charge < -0.3 is 4.74 Å². The van der Waals surface area contributed by atoms with E-state index in [4.69, 9.17) is 15.4 Å². The first kappa shape index (κ1) is 13.8. The number of hydrogen-bond donors (Lipinski definition) is 0. The first-order chi connectivity index (χ1) is 7.08. The Morgan fingerprint density at radius 2 is 1.88 bits per heavy atom. The van der Waals surface area contributed by atoms with E-state index in [9.17, 15) is 13.2 Å². The van der Waals surface area contributed by atoms with Gasteiger partial charge in [0.2, 0.25) is 9.05 Å². The van der Waals surface area contributed by atoms with Crippen LogP contribution in [0.25, 0.3) is 0 Å². The molecule has 1 aliphatic rings. The van der Waals surface area contributed by atoms with Crippen LogP contribution in [0.3, 0.4) is 0 Å². The highest BCUT2D eigenvalue weighted by molar-refractivity contribution is 8.14. The van der Waals surface area contributed by atoms with Crippen molar-refractivity contribution >= 4 is 25.7 Å². The molecule has 6 heteroatoms. The fourth-order valence-electron chi connectivity index (χ4n) is 1.69. The van der Waals surface area contributed by atoms with Gasteiger partial charge in [0.1, 0.15) is 5.60 Å². The highest BCUT2D eigenvalue weighted by Crippen LogP contribution is 2.37. The SMILES string of the molecule is CC(C)(C)OC(=O)CC1CC(S(=O)(=O)Cl)C1. The normalized spacial score (nSPS) is 26.0. The van der Waals surface area contributed by atoms with Crippen LogP contribution in [0.1, 0.15) is 40.0 Å². The van der Waals surface area contributed by atoms with Crippen LogP contribution in [0.5, 0.6) is 0 Å². The van der Waals surface area contributed by atoms with Crippen LogP contribution in [-0.4, -0.2) is 25.2 Å². The topological polar surface area (TPSA) is 60.4 Å². The summed E-state index contributed by atoms with van der Waals surface area (Å²) in [5.41, 5.74) is -0.487. The number of rotatable bonds is 3. The lowest BCUT2D eigenvalue weighted by molar-refractivity contribution is -0.156. The maximum Gasteiger partial charge on any atom is 0.306 e. The van der Waals surface area contributed by atoms with Gasteiger partial charge in [0.05, 0.1) is 5.25 Å². The molecular formula is C10H17ClO4S. The quantitative estimate of drug-likeness (QED) is 0.581. The molecule has 0 saturated heterocycles. The van der Waals surface area contributed by atoms with Crippen molar-refractivity contribution in [1.82, 2.24) is 0 Å². The van der Waals surface area contributed by atoms with Gasteiger partial charge in [0.15, 0.2) is 0 Å². The van der Waals surface area contributed by atoms with E-state index in [1.165, 1.54) is 0 Å². The number of halogens is 1. The highest BCUT2D eigenvalue weighted by Gasteiger charge is 2.39. The third kappa shape index (κ3) is 4.29. The van der Waals surface area contributed by atoms with Crippen molar-refractivity contribution in [3.63, 3.8) is 0 Å². The van der Waals surface area contributed by atoms with Crippen LogP contribution < -0.4 is 0 Å². The fourth-order valence-corrected chi connectivity index (χ4v) is 3.13. The summed E-state index contributed by atoms with van der Waals surface area (Å²) in [6, 6.07) is 0. The molecule has 0 atom stereocenters. The molecule has 0 N–H and O–H groups in total. The molecule has 0 unspecified atom stereocenters. The average molecular weight is 269 g/mol. The summed E-state index contributed by atoms with van der Waals surface area (Å²) in [7, 11) is 1.75. The second-order valence-electron chi connectivity index (χ2n) is 5.23. The summed E-state index contributed by atoms with van der Waals surface area (Å²) >= 11 is 0. The molecule has 0 spiro atoms. The molecule has 0 aromatic rings. The summed E-state index contributed by atoms with van der Waals surface area (Å²) in [6.07, 6.45) is 1.20. The molecule has 1 saturated carbocycles. The first-order valence-corrected chi connectivity index (χ1v) is 7.60. The first-order valence-electron chi connectivity index (χ1n) is 5.23. The average Bonchev–Trinajstić information content (AvgIpc) is 1.89. The summed E-state index contributed by atoms with van der Waals surface area (Å²) in [6.45, 7) is 5.41. The number of esters is 1. The van der Waals surface area contributed by atoms with Crippen LogP contribution in [-0.2, 0) is 18.6 Å². The van der Waals surface area contributed by atoms with Crippen LogP contribution in [0.4, 0.5) is 0 Å². The van der Waals surface area contributed by atoms with E-state index in [0.717, 1.165) is 0 Å². The van der Waals surface area contributed by atoms with E-state index in [1.54, 1.807) is 20.8 Å². The van der Waals surface area contributed by atoms with Crippen molar-refractivity contribution in [3.05, 3.63) is 0 Å². The third-order valence-corrected chi connectivity index (χ3v) is 4.40. The van der Waals surface area contributed by atoms with Gasteiger partial charge in [-0.2, -0.15) is 0 Å². The predicted molar refractivity (Wildman–Crippen MR) is 61.7 cm³/mol. The van der Waals surface area contributed by atoms with E-state index in [2.05, 4.69) is 0 Å². The molecule has 1 fully saturated rings. The highest BCUT2D eigenvalue weighted by atomic mass is 35.7. The van der Waals surface area contributed by atoms with Gasteiger partial charge in [-0.1, -0.05) is 0 Å². The predicted octanol–water partition coefficient (Wildman–Crippen LogP) is 2.07. The van der Waals surface area contributed by atoms with Crippen molar-refractivity contribution in [2.75, 3.05) is 0 Å².